The van der Waals surface area contributed by atoms with Crippen LogP contribution in [0, 0.1) is 0 Å². The molecule has 0 atom stereocenters. The second-order valence-corrected chi connectivity index (χ2v) is 33.8. The molecule has 10 nitrogen and oxygen atoms in total. The Kier molecular flexibility index (Phi) is 98.1. The molecule has 0 aliphatic rings. The van der Waals surface area contributed by atoms with Crippen molar-refractivity contribution in [3.05, 3.63) is 0 Å². The summed E-state index contributed by atoms with van der Waals surface area (Å²) >= 11 is 0. The van der Waals surface area contributed by atoms with Gasteiger partial charge >= 0.3 is 0 Å². The predicted octanol–water partition coefficient (Wildman–Crippen LogP) is 24.5. The van der Waals surface area contributed by atoms with E-state index in [1.165, 1.54) is 481 Å². The van der Waals surface area contributed by atoms with Crippen molar-refractivity contribution in [2.24, 2.45) is 0 Å². The number of unbranched alkanes of at least 4 members (excludes halogenated alkanes) is 56. The van der Waals surface area contributed by atoms with Crippen LogP contribution in [0.15, 0.2) is 0 Å². The minimum absolute atomic E-state index is 1.24. The van der Waals surface area contributed by atoms with Gasteiger partial charge in [-0.3, -0.25) is 0 Å². The van der Waals surface area contributed by atoms with Gasteiger partial charge in [0.15, 0.2) is 0 Å². The second kappa shape index (κ2) is 89.8. The fraction of sp³-hybridized carbons (Fsp3) is 0.978. The molecule has 0 fully saturated rings. The molecule has 0 amide bonds. The summed E-state index contributed by atoms with van der Waals surface area (Å²) in [7, 11) is 19.5. The lowest BCUT2D eigenvalue weighted by atomic mass is 10.1. The van der Waals surface area contributed by atoms with Gasteiger partial charge in [-0.2, -0.15) is 0 Å². The van der Waals surface area contributed by atoms with Crippen LogP contribution in [0.25, 0.3) is 0 Å². The predicted molar refractivity (Wildman–Crippen MR) is 439 cm³/mol. The van der Waals surface area contributed by atoms with Crippen LogP contribution in [0.3, 0.4) is 0 Å². The van der Waals surface area contributed by atoms with Crippen molar-refractivity contribution < 1.29 is 47.9 Å². The van der Waals surface area contributed by atoms with E-state index >= 15 is 0 Å². The highest BCUT2D eigenvalue weighted by molar-refractivity contribution is 5.47. The zero-order valence-electron chi connectivity index (χ0n) is 72.2. The maximum Gasteiger partial charge on any atom is 0.0782 e. The minimum Gasteiger partial charge on any atom is -0.652 e. The highest BCUT2D eigenvalue weighted by Gasteiger charge is 2.17. The SMILES string of the molecule is CCCCCCCCCC[N+](C)(C)CCCCCCCCCC.CCCCCCCCCC[N+](C)(C)CCCCCCCCCC.CCCCCCCCCC[N+](C)(C)CCCCCCCCCC.CCCCCCCCCC[N+](C)(C)CCCCCCCCCC.O=C([O-])[O-].O=C([O-])[O-]. The van der Waals surface area contributed by atoms with Crippen molar-refractivity contribution >= 4 is 12.3 Å². The van der Waals surface area contributed by atoms with Crippen molar-refractivity contribution in [2.45, 2.75) is 466 Å². The van der Waals surface area contributed by atoms with Gasteiger partial charge in [0.25, 0.3) is 0 Å². The molecule has 608 valence electrons. The number of nitrogens with zero attached hydrogens (tertiary/aromatic N) is 4. The molecule has 0 heterocycles. The number of carbonyl (C=O) groups is 2. The normalized spacial score (nSPS) is 11.5. The third-order valence-corrected chi connectivity index (χ3v) is 20.9. The highest BCUT2D eigenvalue weighted by Crippen LogP contribution is 2.19. The summed E-state index contributed by atoms with van der Waals surface area (Å²) in [6, 6.07) is 0. The summed E-state index contributed by atoms with van der Waals surface area (Å²) in [6.07, 6.45) is 87.5. The first kappa shape index (κ1) is 109. The number of quaternary nitrogens is 4. The van der Waals surface area contributed by atoms with E-state index in [0.717, 1.165) is 0 Å². The molecule has 0 rings (SSSR count). The van der Waals surface area contributed by atoms with Gasteiger partial charge in [0.1, 0.15) is 0 Å². The number of carbonyl (C=O) groups excluding carboxylic acids is 2. The molecule has 0 unspecified atom stereocenters. The third-order valence-electron chi connectivity index (χ3n) is 20.9. The van der Waals surface area contributed by atoms with Gasteiger partial charge in [-0.1, -0.05) is 364 Å². The largest absolute Gasteiger partial charge is 0.652 e. The van der Waals surface area contributed by atoms with Crippen molar-refractivity contribution in [2.75, 3.05) is 109 Å². The zero-order valence-corrected chi connectivity index (χ0v) is 72.2. The van der Waals surface area contributed by atoms with Gasteiger partial charge in [0, 0.05) is 0 Å². The molecule has 0 aromatic rings. The van der Waals surface area contributed by atoms with Crippen LogP contribution in [0.4, 0.5) is 9.59 Å². The quantitative estimate of drug-likeness (QED) is 0.0441. The van der Waals surface area contributed by atoms with Gasteiger partial charge in [-0.05, 0) is 115 Å². The summed E-state index contributed by atoms with van der Waals surface area (Å²) in [5.74, 6) is 0. The summed E-state index contributed by atoms with van der Waals surface area (Å²) < 4.78 is 4.97. The summed E-state index contributed by atoms with van der Waals surface area (Å²) in [4.78, 5) is 16.7. The first-order chi connectivity index (χ1) is 47.9. The lowest BCUT2D eigenvalue weighted by Crippen LogP contribution is -2.41. The van der Waals surface area contributed by atoms with Gasteiger partial charge in [0.2, 0.25) is 0 Å². The molecule has 0 saturated heterocycles. The average Bonchev–Trinajstić information content (AvgIpc) is 1.05. The van der Waals surface area contributed by atoms with Crippen LogP contribution in [-0.4, -0.2) is 139 Å². The van der Waals surface area contributed by atoms with Crippen LogP contribution >= 0.6 is 0 Å². The van der Waals surface area contributed by atoms with E-state index < -0.39 is 12.3 Å². The van der Waals surface area contributed by atoms with E-state index in [2.05, 4.69) is 112 Å². The van der Waals surface area contributed by atoms with E-state index in [-0.39, 0.29) is 0 Å². The zero-order chi connectivity index (χ0) is 76.1. The van der Waals surface area contributed by atoms with Gasteiger partial charge in [0.05, 0.1) is 109 Å². The number of rotatable bonds is 72. The summed E-state index contributed by atoms with van der Waals surface area (Å²) in [6.45, 7) is 29.4. The van der Waals surface area contributed by atoms with Crippen molar-refractivity contribution in [3.8, 4) is 0 Å². The lowest BCUT2D eigenvalue weighted by molar-refractivity contribution is -0.890. The molecule has 0 N–H and O–H groups in total. The van der Waals surface area contributed by atoms with Gasteiger partial charge in [-0.25, -0.2) is 0 Å². The van der Waals surface area contributed by atoms with E-state index in [9.17, 15) is 0 Å². The fourth-order valence-corrected chi connectivity index (χ4v) is 13.8. The minimum atomic E-state index is -2.33. The molecular formula is C90H192N4O6. The first-order valence-corrected chi connectivity index (χ1v) is 45.0. The molecule has 0 bridgehead atoms. The Bertz CT molecular complexity index is 1190. The van der Waals surface area contributed by atoms with Crippen LogP contribution in [0.5, 0.6) is 0 Å². The molecule has 0 saturated carbocycles. The highest BCUT2D eigenvalue weighted by atomic mass is 16.6. The third kappa shape index (κ3) is 118. The molecule has 0 aromatic carbocycles. The van der Waals surface area contributed by atoms with Crippen molar-refractivity contribution in [1.82, 2.24) is 0 Å². The molecule has 0 spiro atoms. The Morgan fingerprint density at radius 3 is 0.280 bits per heavy atom. The number of hydrogen-bond donors (Lipinski definition) is 0. The maximum absolute atomic E-state index is 8.33. The molecule has 10 heteroatoms. The fourth-order valence-electron chi connectivity index (χ4n) is 13.8. The van der Waals surface area contributed by atoms with Crippen LogP contribution < -0.4 is 20.4 Å². The first-order valence-electron chi connectivity index (χ1n) is 45.0. The van der Waals surface area contributed by atoms with E-state index in [1.807, 2.05) is 0 Å². The van der Waals surface area contributed by atoms with Crippen LogP contribution in [0.1, 0.15) is 466 Å². The van der Waals surface area contributed by atoms with E-state index in [4.69, 9.17) is 30.0 Å². The van der Waals surface area contributed by atoms with E-state index in [0.29, 0.717) is 0 Å². The van der Waals surface area contributed by atoms with Gasteiger partial charge in [-0.15, -0.1) is 0 Å². The Balaban J connectivity index is -0.000000283. The molecule has 0 radical (unpaired) electrons. The van der Waals surface area contributed by atoms with Crippen LogP contribution in [-0.2, 0) is 0 Å². The Hall–Kier alpha value is -1.62. The van der Waals surface area contributed by atoms with Crippen LogP contribution in [0.2, 0.25) is 0 Å². The lowest BCUT2D eigenvalue weighted by Gasteiger charge is -2.30. The summed E-state index contributed by atoms with van der Waals surface area (Å²) in [5, 5.41) is 33.3. The van der Waals surface area contributed by atoms with Crippen molar-refractivity contribution in [3.63, 3.8) is 0 Å². The van der Waals surface area contributed by atoms with Gasteiger partial charge < -0.3 is 47.9 Å². The molecule has 0 aromatic heterocycles. The number of hydrogen-bond acceptors (Lipinski definition) is 6. The van der Waals surface area contributed by atoms with Crippen molar-refractivity contribution in [1.29, 1.82) is 0 Å². The number of carboxylic acid groups (broad SMARTS) is 4. The Morgan fingerprint density at radius 1 is 0.150 bits per heavy atom. The average molecular weight is 1430 g/mol. The molecular weight excluding hydrogens is 1230 g/mol. The Morgan fingerprint density at radius 2 is 0.210 bits per heavy atom. The Labute approximate surface area is 632 Å². The standard InChI is InChI=1S/4C22H48N.2CH2O3/c4*1-5-7-9-11-13-15-17-19-21-23(3,4)22-20-18-16-14-12-10-8-6-2;2*2-1(3)4/h4*5-22H2,1-4H3;2*(H2,2,3,4)/q4*+1;;/p-4. The van der Waals surface area contributed by atoms with E-state index in [1.54, 1.807) is 0 Å². The molecule has 0 aliphatic heterocycles. The summed E-state index contributed by atoms with van der Waals surface area (Å²) in [5.41, 5.74) is 0. The topological polar surface area (TPSA) is 126 Å². The molecule has 0 aliphatic carbocycles. The second-order valence-electron chi connectivity index (χ2n) is 33.8. The maximum atomic E-state index is 8.33. The smallest absolute Gasteiger partial charge is 0.0782 e. The monoisotopic (exact) mass is 1430 g/mol. The molecule has 100 heavy (non-hydrogen) atoms.